The number of thiazole rings is 1. The van der Waals surface area contributed by atoms with Crippen molar-refractivity contribution in [3.05, 3.63) is 40.4 Å². The van der Waals surface area contributed by atoms with E-state index in [0.29, 0.717) is 15.7 Å². The SMILES string of the molecule is COc1ccc(CC(=O)Nc2nc(C)c(C(=O)N(C)C)s2)cc1. The maximum absolute atomic E-state index is 12.1. The van der Waals surface area contributed by atoms with Crippen molar-refractivity contribution in [1.29, 1.82) is 0 Å². The van der Waals surface area contributed by atoms with Gasteiger partial charge >= 0.3 is 0 Å². The van der Waals surface area contributed by atoms with Gasteiger partial charge in [0.2, 0.25) is 5.91 Å². The van der Waals surface area contributed by atoms with Crippen LogP contribution in [0.15, 0.2) is 24.3 Å². The Bertz CT molecular complexity index is 708. The molecule has 0 spiro atoms. The summed E-state index contributed by atoms with van der Waals surface area (Å²) in [5.74, 6) is 0.458. The van der Waals surface area contributed by atoms with Crippen LogP contribution < -0.4 is 10.1 Å². The van der Waals surface area contributed by atoms with Crippen LogP contribution in [0, 0.1) is 6.92 Å². The van der Waals surface area contributed by atoms with E-state index in [2.05, 4.69) is 10.3 Å². The Kier molecular flexibility index (Phi) is 5.33. The first kappa shape index (κ1) is 17.0. The minimum atomic E-state index is -0.173. The van der Waals surface area contributed by atoms with Gasteiger partial charge in [0.1, 0.15) is 10.6 Å². The number of hydrogen-bond acceptors (Lipinski definition) is 5. The number of rotatable bonds is 5. The Hall–Kier alpha value is -2.41. The molecule has 1 N–H and O–H groups in total. The van der Waals surface area contributed by atoms with Crippen molar-refractivity contribution in [2.45, 2.75) is 13.3 Å². The van der Waals surface area contributed by atoms with Crippen LogP contribution >= 0.6 is 11.3 Å². The van der Waals surface area contributed by atoms with Crippen molar-refractivity contribution in [1.82, 2.24) is 9.88 Å². The molecule has 0 aliphatic carbocycles. The van der Waals surface area contributed by atoms with Crippen molar-refractivity contribution >= 4 is 28.3 Å². The van der Waals surface area contributed by atoms with Crippen LogP contribution in [0.5, 0.6) is 5.75 Å². The van der Waals surface area contributed by atoms with Gasteiger partial charge in [-0.25, -0.2) is 4.98 Å². The van der Waals surface area contributed by atoms with Gasteiger partial charge in [0.25, 0.3) is 5.91 Å². The molecule has 0 unspecified atom stereocenters. The number of benzene rings is 1. The molecule has 23 heavy (non-hydrogen) atoms. The summed E-state index contributed by atoms with van der Waals surface area (Å²) in [6, 6.07) is 7.30. The Morgan fingerprint density at radius 2 is 1.91 bits per heavy atom. The molecule has 1 aromatic heterocycles. The molecule has 0 radical (unpaired) electrons. The maximum atomic E-state index is 12.1. The molecule has 2 amide bonds. The van der Waals surface area contributed by atoms with Gasteiger partial charge in [0, 0.05) is 14.1 Å². The first-order valence-electron chi connectivity index (χ1n) is 7.02. The van der Waals surface area contributed by atoms with Crippen molar-refractivity contribution in [2.75, 3.05) is 26.5 Å². The molecular weight excluding hydrogens is 314 g/mol. The molecule has 0 saturated carbocycles. The lowest BCUT2D eigenvalue weighted by Gasteiger charge is -2.07. The summed E-state index contributed by atoms with van der Waals surface area (Å²) >= 11 is 1.19. The van der Waals surface area contributed by atoms with Crippen LogP contribution in [0.1, 0.15) is 20.9 Å². The third kappa shape index (κ3) is 4.29. The maximum Gasteiger partial charge on any atom is 0.265 e. The van der Waals surface area contributed by atoms with E-state index >= 15 is 0 Å². The highest BCUT2D eigenvalue weighted by molar-refractivity contribution is 7.17. The van der Waals surface area contributed by atoms with E-state index in [1.807, 2.05) is 24.3 Å². The van der Waals surface area contributed by atoms with Gasteiger partial charge in [0.05, 0.1) is 19.2 Å². The summed E-state index contributed by atoms with van der Waals surface area (Å²) in [6.07, 6.45) is 0.236. The van der Waals surface area contributed by atoms with Crippen molar-refractivity contribution in [3.63, 3.8) is 0 Å². The van der Waals surface area contributed by atoms with E-state index in [1.165, 1.54) is 16.2 Å². The summed E-state index contributed by atoms with van der Waals surface area (Å²) in [4.78, 5) is 30.3. The number of nitrogens with zero attached hydrogens (tertiary/aromatic N) is 2. The van der Waals surface area contributed by atoms with Crippen molar-refractivity contribution < 1.29 is 14.3 Å². The number of carbonyl (C=O) groups excluding carboxylic acids is 2. The average Bonchev–Trinajstić information content (AvgIpc) is 2.87. The fourth-order valence-electron chi connectivity index (χ4n) is 1.94. The van der Waals surface area contributed by atoms with E-state index < -0.39 is 0 Å². The summed E-state index contributed by atoms with van der Waals surface area (Å²) in [7, 11) is 4.96. The molecular formula is C16H19N3O3S. The number of carbonyl (C=O) groups is 2. The number of methoxy groups -OCH3 is 1. The molecule has 1 aromatic carbocycles. The topological polar surface area (TPSA) is 71.5 Å². The molecule has 0 saturated heterocycles. The van der Waals surface area contributed by atoms with Crippen LogP contribution in [-0.4, -0.2) is 42.9 Å². The molecule has 122 valence electrons. The molecule has 7 heteroatoms. The number of aryl methyl sites for hydroxylation is 1. The molecule has 0 bridgehead atoms. The second-order valence-corrected chi connectivity index (χ2v) is 6.21. The number of hydrogen-bond donors (Lipinski definition) is 1. The highest BCUT2D eigenvalue weighted by atomic mass is 32.1. The monoisotopic (exact) mass is 333 g/mol. The van der Waals surface area contributed by atoms with Gasteiger partial charge < -0.3 is 15.0 Å². The zero-order chi connectivity index (χ0) is 17.0. The van der Waals surface area contributed by atoms with E-state index in [0.717, 1.165) is 11.3 Å². The lowest BCUT2D eigenvalue weighted by atomic mass is 10.1. The minimum absolute atomic E-state index is 0.115. The molecule has 0 aliphatic heterocycles. The normalized spacial score (nSPS) is 10.3. The molecule has 2 rings (SSSR count). The Balaban J connectivity index is 2.02. The van der Waals surface area contributed by atoms with E-state index in [-0.39, 0.29) is 18.2 Å². The van der Waals surface area contributed by atoms with Gasteiger partial charge in [-0.15, -0.1) is 0 Å². The lowest BCUT2D eigenvalue weighted by Crippen LogP contribution is -2.21. The fraction of sp³-hybridized carbons (Fsp3) is 0.312. The first-order valence-corrected chi connectivity index (χ1v) is 7.84. The van der Waals surface area contributed by atoms with Gasteiger partial charge in [-0.3, -0.25) is 9.59 Å². The minimum Gasteiger partial charge on any atom is -0.497 e. The number of amides is 2. The van der Waals surface area contributed by atoms with Gasteiger partial charge in [0.15, 0.2) is 5.13 Å². The Morgan fingerprint density at radius 1 is 1.26 bits per heavy atom. The second kappa shape index (κ2) is 7.23. The van der Waals surface area contributed by atoms with Crippen molar-refractivity contribution in [3.8, 4) is 5.75 Å². The van der Waals surface area contributed by atoms with Crippen molar-refractivity contribution in [2.24, 2.45) is 0 Å². The summed E-state index contributed by atoms with van der Waals surface area (Å²) < 4.78 is 5.08. The molecule has 0 atom stereocenters. The summed E-state index contributed by atoms with van der Waals surface area (Å²) in [5, 5.41) is 3.18. The average molecular weight is 333 g/mol. The third-order valence-electron chi connectivity index (χ3n) is 3.17. The van der Waals surface area contributed by atoms with Gasteiger partial charge in [-0.05, 0) is 24.6 Å². The molecule has 0 aliphatic rings. The Morgan fingerprint density at radius 3 is 2.48 bits per heavy atom. The highest BCUT2D eigenvalue weighted by Gasteiger charge is 2.18. The number of nitrogens with one attached hydrogen (secondary N) is 1. The predicted octanol–water partition coefficient (Wildman–Crippen LogP) is 2.34. The molecule has 6 nitrogen and oxygen atoms in total. The van der Waals surface area contributed by atoms with Crippen LogP contribution in [0.25, 0.3) is 0 Å². The number of ether oxygens (including phenoxy) is 1. The smallest absolute Gasteiger partial charge is 0.265 e. The number of anilines is 1. The number of aromatic nitrogens is 1. The van der Waals surface area contributed by atoms with Gasteiger partial charge in [-0.1, -0.05) is 23.5 Å². The van der Waals surface area contributed by atoms with E-state index in [4.69, 9.17) is 4.74 Å². The largest absolute Gasteiger partial charge is 0.497 e. The zero-order valence-electron chi connectivity index (χ0n) is 13.5. The van der Waals surface area contributed by atoms with E-state index in [9.17, 15) is 9.59 Å². The van der Waals surface area contributed by atoms with Gasteiger partial charge in [-0.2, -0.15) is 0 Å². The zero-order valence-corrected chi connectivity index (χ0v) is 14.4. The Labute approximate surface area is 139 Å². The standard InChI is InChI=1S/C16H19N3O3S/c1-10-14(15(21)19(2)3)23-16(17-10)18-13(20)9-11-5-7-12(22-4)8-6-11/h5-8H,9H2,1-4H3,(H,17,18,20). The molecule has 0 fully saturated rings. The van der Waals surface area contributed by atoms with Crippen LogP contribution in [0.3, 0.4) is 0 Å². The first-order chi connectivity index (χ1) is 10.9. The highest BCUT2D eigenvalue weighted by Crippen LogP contribution is 2.23. The quantitative estimate of drug-likeness (QED) is 0.912. The van der Waals surface area contributed by atoms with Crippen LogP contribution in [0.4, 0.5) is 5.13 Å². The lowest BCUT2D eigenvalue weighted by molar-refractivity contribution is -0.115. The van der Waals surface area contributed by atoms with E-state index in [1.54, 1.807) is 28.1 Å². The predicted molar refractivity (Wildman–Crippen MR) is 90.2 cm³/mol. The van der Waals surface area contributed by atoms with Crippen LogP contribution in [-0.2, 0) is 11.2 Å². The molecule has 2 aromatic rings. The molecule has 1 heterocycles. The third-order valence-corrected chi connectivity index (χ3v) is 4.23. The van der Waals surface area contributed by atoms with Crippen LogP contribution in [0.2, 0.25) is 0 Å². The fourth-order valence-corrected chi connectivity index (χ4v) is 2.95. The second-order valence-electron chi connectivity index (χ2n) is 5.21. The summed E-state index contributed by atoms with van der Waals surface area (Å²) in [5.41, 5.74) is 1.50. The summed E-state index contributed by atoms with van der Waals surface area (Å²) in [6.45, 7) is 1.76.